The van der Waals surface area contributed by atoms with Gasteiger partial charge in [-0.15, -0.1) is 0 Å². The van der Waals surface area contributed by atoms with Gasteiger partial charge in [-0.2, -0.15) is 4.98 Å². The fourth-order valence-electron chi connectivity index (χ4n) is 1.93. The van der Waals surface area contributed by atoms with Gasteiger partial charge in [0.2, 0.25) is 5.95 Å². The van der Waals surface area contributed by atoms with Crippen LogP contribution in [0.5, 0.6) is 0 Å². The molecule has 2 rings (SSSR count). The first-order valence-electron chi connectivity index (χ1n) is 10.3. The summed E-state index contributed by atoms with van der Waals surface area (Å²) in [6, 6.07) is -2.45. The molecule has 3 atom stereocenters. The Morgan fingerprint density at radius 3 is 2.83 bits per heavy atom. The molecule has 128 valence electrons. The zero-order valence-electron chi connectivity index (χ0n) is 19.7. The van der Waals surface area contributed by atoms with Gasteiger partial charge >= 0.3 is 0 Å². The Hall–Kier alpha value is -1.89. The van der Waals surface area contributed by atoms with E-state index in [2.05, 4.69) is 20.6 Å². The van der Waals surface area contributed by atoms with Crippen LogP contribution in [0.4, 0.5) is 11.8 Å². The number of carbonyl (C=O) groups is 1. The molecule has 1 saturated carbocycles. The number of nitrogens with one attached hydrogen (secondary N) is 2. The van der Waals surface area contributed by atoms with E-state index in [-0.39, 0.29) is 17.3 Å². The topological polar surface area (TPSA) is 113 Å². The predicted octanol–water partition coefficient (Wildman–Crippen LogP) is 1.75. The van der Waals surface area contributed by atoms with E-state index < -0.39 is 48.6 Å². The van der Waals surface area contributed by atoms with Crippen molar-refractivity contribution < 1.29 is 18.1 Å². The lowest BCUT2D eigenvalue weighted by Gasteiger charge is -2.32. The summed E-state index contributed by atoms with van der Waals surface area (Å²) in [5.74, 6) is -3.31. The third kappa shape index (κ3) is 4.79. The summed E-state index contributed by atoms with van der Waals surface area (Å²) < 4.78 is 49.5. The van der Waals surface area contributed by atoms with E-state index in [1.54, 1.807) is 0 Å². The molecule has 0 saturated heterocycles. The highest BCUT2D eigenvalue weighted by atomic mass is 16.3. The van der Waals surface area contributed by atoms with Gasteiger partial charge in [0, 0.05) is 24.6 Å². The molecule has 5 N–H and O–H groups in total. The summed E-state index contributed by atoms with van der Waals surface area (Å²) in [6.07, 6.45) is -7.00. The Balaban J connectivity index is 2.56. The highest BCUT2D eigenvalue weighted by Gasteiger charge is 2.27. The summed E-state index contributed by atoms with van der Waals surface area (Å²) in [5, 5.41) is 15.8. The summed E-state index contributed by atoms with van der Waals surface area (Å²) in [7, 11) is 0. The summed E-state index contributed by atoms with van der Waals surface area (Å²) >= 11 is 0. The predicted molar refractivity (Wildman–Crippen MR) is 90.4 cm³/mol. The summed E-state index contributed by atoms with van der Waals surface area (Å²) in [6.45, 7) is 6.62. The number of primary amides is 1. The lowest BCUT2D eigenvalue weighted by Crippen LogP contribution is -2.36. The van der Waals surface area contributed by atoms with Crippen molar-refractivity contribution in [3.8, 4) is 0 Å². The van der Waals surface area contributed by atoms with Crippen molar-refractivity contribution >= 4 is 17.7 Å². The minimum atomic E-state index is -2.94. The summed E-state index contributed by atoms with van der Waals surface area (Å²) in [5.41, 5.74) is 4.68. The van der Waals surface area contributed by atoms with E-state index >= 15 is 0 Å². The molecule has 1 heterocycles. The molecule has 0 bridgehead atoms. The number of aliphatic hydroxyl groups is 1. The number of hydrogen-bond donors (Lipinski definition) is 4. The van der Waals surface area contributed by atoms with E-state index in [4.69, 9.17) is 14.0 Å². The molecule has 0 aliphatic heterocycles. The van der Waals surface area contributed by atoms with Crippen LogP contribution in [-0.4, -0.2) is 38.6 Å². The third-order valence-electron chi connectivity index (χ3n) is 3.12. The number of anilines is 2. The van der Waals surface area contributed by atoms with E-state index in [9.17, 15) is 9.90 Å². The fraction of sp³-hybridized carbons (Fsp3) is 0.688. The van der Waals surface area contributed by atoms with Gasteiger partial charge < -0.3 is 21.5 Å². The van der Waals surface area contributed by atoms with Crippen molar-refractivity contribution in [1.82, 2.24) is 9.97 Å². The Bertz CT molecular complexity index is 813. The first kappa shape index (κ1) is 10.8. The molecule has 0 spiro atoms. The molecule has 1 aromatic rings. The minimum Gasteiger partial charge on any atom is -0.393 e. The molecule has 1 aliphatic carbocycles. The van der Waals surface area contributed by atoms with Crippen molar-refractivity contribution in [3.05, 3.63) is 11.8 Å². The average Bonchev–Trinajstić information content (AvgIpc) is 2.51. The molecule has 1 aromatic heterocycles. The van der Waals surface area contributed by atoms with Gasteiger partial charge in [-0.1, -0.05) is 6.92 Å². The Morgan fingerprint density at radius 2 is 2.22 bits per heavy atom. The molecular formula is C16H27N5O2. The highest BCUT2D eigenvalue weighted by molar-refractivity contribution is 5.97. The Kier molecular flexibility index (Phi) is 3.15. The van der Waals surface area contributed by atoms with E-state index in [0.29, 0.717) is 0 Å². The van der Waals surface area contributed by atoms with Gasteiger partial charge in [0.15, 0.2) is 0 Å². The maximum atomic E-state index is 11.8. The zero-order valence-corrected chi connectivity index (χ0v) is 13.7. The first-order valence-corrected chi connectivity index (χ1v) is 7.27. The minimum absolute atomic E-state index is 0.0823. The lowest BCUT2D eigenvalue weighted by molar-refractivity contribution is 0.0739. The first-order chi connectivity index (χ1) is 12.9. The van der Waals surface area contributed by atoms with Crippen LogP contribution < -0.4 is 16.4 Å². The number of carbonyl (C=O) groups excluding carboxylic acids is 1. The fourth-order valence-corrected chi connectivity index (χ4v) is 1.93. The van der Waals surface area contributed by atoms with Gasteiger partial charge in [0.25, 0.3) is 5.91 Å². The second-order valence-corrected chi connectivity index (χ2v) is 6.45. The van der Waals surface area contributed by atoms with Crippen molar-refractivity contribution in [1.29, 1.82) is 0 Å². The lowest BCUT2D eigenvalue weighted by atomic mass is 9.85. The van der Waals surface area contributed by atoms with Crippen LogP contribution in [0.1, 0.15) is 65.4 Å². The molecule has 0 radical (unpaired) electrons. The number of aliphatic hydroxyl groups excluding tert-OH is 1. The van der Waals surface area contributed by atoms with Crippen LogP contribution in [0.2, 0.25) is 0 Å². The Labute approximate surface area is 145 Å². The highest BCUT2D eigenvalue weighted by Crippen LogP contribution is 2.27. The van der Waals surface area contributed by atoms with Crippen LogP contribution in [0.25, 0.3) is 0 Å². The quantitative estimate of drug-likeness (QED) is 0.670. The van der Waals surface area contributed by atoms with Crippen LogP contribution in [0.15, 0.2) is 6.20 Å². The number of nitrogens with zero attached hydrogens (tertiary/aromatic N) is 2. The van der Waals surface area contributed by atoms with Crippen molar-refractivity contribution in [3.63, 3.8) is 0 Å². The largest absolute Gasteiger partial charge is 0.393 e. The monoisotopic (exact) mass is 327 g/mol. The Morgan fingerprint density at radius 1 is 1.52 bits per heavy atom. The molecule has 23 heavy (non-hydrogen) atoms. The smallest absolute Gasteiger partial charge is 0.254 e. The molecule has 0 aromatic carbocycles. The van der Waals surface area contributed by atoms with Crippen LogP contribution in [0, 0.1) is 5.89 Å². The van der Waals surface area contributed by atoms with Gasteiger partial charge in [-0.25, -0.2) is 4.98 Å². The molecular weight excluding hydrogens is 294 g/mol. The average molecular weight is 327 g/mol. The molecule has 1 aliphatic rings. The number of amides is 1. The van der Waals surface area contributed by atoms with Crippen molar-refractivity contribution in [2.75, 3.05) is 10.6 Å². The standard InChI is InChI=1S/C16H27N5O2/c1-9-5-6-10(7-12(9)22)19-14-11(13(17)23)8-18-15(20-14)21-16(2,3)4/h8-10,12,22H,5-7H2,1-4H3,(H2,17,23)(H2,18,19,20,21)/i5D2,6D2,9D,10D. The second kappa shape index (κ2) is 6.70. The number of hydrogen-bond acceptors (Lipinski definition) is 6. The molecule has 3 unspecified atom stereocenters. The van der Waals surface area contributed by atoms with Crippen LogP contribution in [0.3, 0.4) is 0 Å². The maximum Gasteiger partial charge on any atom is 0.254 e. The van der Waals surface area contributed by atoms with Crippen LogP contribution in [-0.2, 0) is 0 Å². The second-order valence-electron chi connectivity index (χ2n) is 6.45. The van der Waals surface area contributed by atoms with Gasteiger partial charge in [0.1, 0.15) is 5.82 Å². The van der Waals surface area contributed by atoms with E-state index in [1.165, 1.54) is 0 Å². The van der Waals surface area contributed by atoms with Crippen molar-refractivity contribution in [2.24, 2.45) is 11.6 Å². The molecule has 1 fully saturated rings. The summed E-state index contributed by atoms with van der Waals surface area (Å²) in [4.78, 5) is 19.9. The normalized spacial score (nSPS) is 39.6. The maximum absolute atomic E-state index is 11.8. The van der Waals surface area contributed by atoms with Gasteiger partial charge in [-0.3, -0.25) is 4.79 Å². The molecule has 7 heteroatoms. The number of aromatic nitrogens is 2. The number of nitrogens with two attached hydrogens (primary N) is 1. The SMILES string of the molecule is [2H]C1(Nc2nc(NC(C)(C)C)ncc2C(N)=O)CC(O)C([2H])(C)C([2H])([2H])C1([2H])[2H]. The molecule has 7 nitrogen and oxygen atoms in total. The van der Waals surface area contributed by atoms with E-state index in [0.717, 1.165) is 13.1 Å². The van der Waals surface area contributed by atoms with Gasteiger partial charge in [-0.05, 0) is 45.8 Å². The third-order valence-corrected chi connectivity index (χ3v) is 3.12. The number of rotatable bonds is 4. The van der Waals surface area contributed by atoms with Gasteiger partial charge in [0.05, 0.1) is 13.0 Å². The van der Waals surface area contributed by atoms with Crippen LogP contribution >= 0.6 is 0 Å². The van der Waals surface area contributed by atoms with Crippen molar-refractivity contribution in [2.45, 2.75) is 64.5 Å². The molecule has 1 amide bonds. The zero-order chi connectivity index (χ0) is 22.6. The van der Waals surface area contributed by atoms with E-state index in [1.807, 2.05) is 20.8 Å².